The van der Waals surface area contributed by atoms with E-state index in [1.165, 1.54) is 31.2 Å². The first-order valence-corrected chi connectivity index (χ1v) is 9.85. The van der Waals surface area contributed by atoms with E-state index >= 15 is 0 Å². The molecule has 2 unspecified atom stereocenters. The van der Waals surface area contributed by atoms with Crippen molar-refractivity contribution in [2.75, 3.05) is 11.4 Å². The molecule has 0 N–H and O–H groups in total. The first-order chi connectivity index (χ1) is 12.1. The molecule has 1 aliphatic carbocycles. The predicted molar refractivity (Wildman–Crippen MR) is 98.4 cm³/mol. The molecule has 1 aromatic rings. The average molecular weight is 340 g/mol. The molecular weight excluding hydrogens is 312 g/mol. The molecule has 2 heterocycles. The molecule has 2 fully saturated rings. The molecule has 2 atom stereocenters. The molecule has 2 aliphatic heterocycles. The van der Waals surface area contributed by atoms with Crippen LogP contribution in [0, 0.1) is 5.92 Å². The lowest BCUT2D eigenvalue weighted by Crippen LogP contribution is -2.42. The molecule has 1 saturated heterocycles. The highest BCUT2D eigenvalue weighted by molar-refractivity contribution is 6.01. The van der Waals surface area contributed by atoms with Gasteiger partial charge in [0.15, 0.2) is 0 Å². The van der Waals surface area contributed by atoms with Crippen LogP contribution in [-0.4, -0.2) is 35.3 Å². The minimum atomic E-state index is -0.177. The van der Waals surface area contributed by atoms with Crippen LogP contribution in [0.5, 0.6) is 0 Å². The van der Waals surface area contributed by atoms with Gasteiger partial charge in [0, 0.05) is 30.7 Å². The highest BCUT2D eigenvalue weighted by Gasteiger charge is 2.42. The van der Waals surface area contributed by atoms with Crippen LogP contribution in [0.15, 0.2) is 24.3 Å². The summed E-state index contributed by atoms with van der Waals surface area (Å²) < 4.78 is 0. The highest BCUT2D eigenvalue weighted by Crippen LogP contribution is 2.35. The Morgan fingerprint density at radius 3 is 2.52 bits per heavy atom. The molecule has 3 aliphatic rings. The lowest BCUT2D eigenvalue weighted by atomic mass is 10.1. The monoisotopic (exact) mass is 340 g/mol. The molecule has 4 rings (SSSR count). The van der Waals surface area contributed by atoms with E-state index in [0.717, 1.165) is 24.9 Å². The van der Waals surface area contributed by atoms with Gasteiger partial charge in [-0.2, -0.15) is 0 Å². The number of anilines is 1. The number of carbonyl (C=O) groups excluding carboxylic acids is 2. The molecule has 25 heavy (non-hydrogen) atoms. The second-order valence-electron chi connectivity index (χ2n) is 7.98. The van der Waals surface area contributed by atoms with E-state index < -0.39 is 0 Å². The number of benzene rings is 1. The van der Waals surface area contributed by atoms with E-state index in [2.05, 4.69) is 13.0 Å². The average Bonchev–Trinajstić information content (AvgIpc) is 3.02. The van der Waals surface area contributed by atoms with Crippen molar-refractivity contribution < 1.29 is 9.59 Å². The normalized spacial score (nSPS) is 27.5. The van der Waals surface area contributed by atoms with E-state index in [1.807, 2.05) is 28.0 Å². The van der Waals surface area contributed by atoms with Crippen LogP contribution in [0.1, 0.15) is 57.4 Å². The van der Waals surface area contributed by atoms with Crippen molar-refractivity contribution in [1.82, 2.24) is 4.90 Å². The molecule has 4 nitrogen and oxygen atoms in total. The molecule has 1 aromatic carbocycles. The van der Waals surface area contributed by atoms with Gasteiger partial charge in [-0.1, -0.05) is 43.9 Å². The summed E-state index contributed by atoms with van der Waals surface area (Å²) in [6.07, 6.45) is 8.50. The van der Waals surface area contributed by atoms with Gasteiger partial charge in [0.05, 0.1) is 5.92 Å². The third-order valence-corrected chi connectivity index (χ3v) is 6.22. The van der Waals surface area contributed by atoms with E-state index in [-0.39, 0.29) is 23.8 Å². The zero-order valence-electron chi connectivity index (χ0n) is 15.1. The van der Waals surface area contributed by atoms with Crippen molar-refractivity contribution >= 4 is 17.5 Å². The number of nitrogens with zero attached hydrogens (tertiary/aromatic N) is 2. The number of fused-ring (bicyclic) bond motifs is 1. The van der Waals surface area contributed by atoms with E-state index in [4.69, 9.17) is 0 Å². The van der Waals surface area contributed by atoms with Gasteiger partial charge >= 0.3 is 0 Å². The Morgan fingerprint density at radius 2 is 1.76 bits per heavy atom. The molecule has 1 saturated carbocycles. The maximum atomic E-state index is 13.2. The van der Waals surface area contributed by atoms with Crippen LogP contribution in [0.2, 0.25) is 0 Å². The van der Waals surface area contributed by atoms with E-state index in [9.17, 15) is 9.59 Å². The Balaban J connectivity index is 1.49. The van der Waals surface area contributed by atoms with Crippen LogP contribution in [0.25, 0.3) is 0 Å². The largest absolute Gasteiger partial charge is 0.339 e. The molecule has 2 amide bonds. The standard InChI is InChI=1S/C21H28N2O2/c1-15-12-16-8-6-7-11-19(16)23(15)21(25)17-13-20(24)22(14-17)18-9-4-2-3-5-10-18/h6-8,11,15,17-18H,2-5,9-10,12-14H2,1H3. The highest BCUT2D eigenvalue weighted by atomic mass is 16.2. The summed E-state index contributed by atoms with van der Waals surface area (Å²) in [7, 11) is 0. The Kier molecular flexibility index (Phi) is 4.53. The Labute approximate surface area is 150 Å². The van der Waals surface area contributed by atoms with Crippen LogP contribution in [0.4, 0.5) is 5.69 Å². The Bertz CT molecular complexity index is 664. The number of likely N-dealkylation sites (tertiary alicyclic amines) is 1. The summed E-state index contributed by atoms with van der Waals surface area (Å²) in [6.45, 7) is 2.73. The number of hydrogen-bond acceptors (Lipinski definition) is 2. The lowest BCUT2D eigenvalue weighted by Gasteiger charge is -2.28. The van der Waals surface area contributed by atoms with Gasteiger partial charge in [0.2, 0.25) is 11.8 Å². The molecule has 0 radical (unpaired) electrons. The smallest absolute Gasteiger partial charge is 0.232 e. The van der Waals surface area contributed by atoms with Crippen molar-refractivity contribution in [3.63, 3.8) is 0 Å². The van der Waals surface area contributed by atoms with Gasteiger partial charge in [0.1, 0.15) is 0 Å². The van der Waals surface area contributed by atoms with Gasteiger partial charge in [-0.3, -0.25) is 9.59 Å². The summed E-state index contributed by atoms with van der Waals surface area (Å²) in [5.74, 6) is 0.150. The molecule has 134 valence electrons. The fraction of sp³-hybridized carbons (Fsp3) is 0.619. The van der Waals surface area contributed by atoms with E-state index in [1.54, 1.807) is 0 Å². The van der Waals surface area contributed by atoms with Crippen molar-refractivity contribution in [2.24, 2.45) is 5.92 Å². The van der Waals surface area contributed by atoms with E-state index in [0.29, 0.717) is 19.0 Å². The zero-order valence-corrected chi connectivity index (χ0v) is 15.1. The minimum Gasteiger partial charge on any atom is -0.339 e. The molecule has 4 heteroatoms. The fourth-order valence-electron chi connectivity index (χ4n) is 4.92. The van der Waals surface area contributed by atoms with Crippen molar-refractivity contribution in [3.05, 3.63) is 29.8 Å². The van der Waals surface area contributed by atoms with Crippen molar-refractivity contribution in [2.45, 2.75) is 70.4 Å². The third kappa shape index (κ3) is 3.07. The molecule has 0 spiro atoms. The van der Waals surface area contributed by atoms with Gasteiger partial charge < -0.3 is 9.80 Å². The van der Waals surface area contributed by atoms with Crippen LogP contribution in [0.3, 0.4) is 0 Å². The maximum Gasteiger partial charge on any atom is 0.232 e. The van der Waals surface area contributed by atoms with Crippen LogP contribution >= 0.6 is 0 Å². The first-order valence-electron chi connectivity index (χ1n) is 9.85. The lowest BCUT2D eigenvalue weighted by molar-refractivity contribution is -0.130. The SMILES string of the molecule is CC1Cc2ccccc2N1C(=O)C1CC(=O)N(C2CCCCCC2)C1. The van der Waals surface area contributed by atoms with Crippen molar-refractivity contribution in [1.29, 1.82) is 0 Å². The van der Waals surface area contributed by atoms with Gasteiger partial charge in [-0.05, 0) is 37.8 Å². The molecular formula is C21H28N2O2. The summed E-state index contributed by atoms with van der Waals surface area (Å²) in [5, 5.41) is 0. The summed E-state index contributed by atoms with van der Waals surface area (Å²) >= 11 is 0. The molecule has 0 aromatic heterocycles. The number of carbonyl (C=O) groups is 2. The number of amides is 2. The minimum absolute atomic E-state index is 0.141. The van der Waals surface area contributed by atoms with Crippen LogP contribution in [-0.2, 0) is 16.0 Å². The quantitative estimate of drug-likeness (QED) is 0.773. The molecule has 0 bridgehead atoms. The van der Waals surface area contributed by atoms with Gasteiger partial charge in [-0.25, -0.2) is 0 Å². The first kappa shape index (κ1) is 16.6. The topological polar surface area (TPSA) is 40.6 Å². The van der Waals surface area contributed by atoms with Crippen molar-refractivity contribution in [3.8, 4) is 0 Å². The second kappa shape index (κ2) is 6.81. The zero-order chi connectivity index (χ0) is 17.4. The number of rotatable bonds is 2. The number of hydrogen-bond donors (Lipinski definition) is 0. The number of para-hydroxylation sites is 1. The van der Waals surface area contributed by atoms with Crippen LogP contribution < -0.4 is 4.90 Å². The fourth-order valence-corrected chi connectivity index (χ4v) is 4.92. The van der Waals surface area contributed by atoms with Gasteiger partial charge in [-0.15, -0.1) is 0 Å². The summed E-state index contributed by atoms with van der Waals surface area (Å²) in [6, 6.07) is 8.72. The predicted octanol–water partition coefficient (Wildman–Crippen LogP) is 3.54. The maximum absolute atomic E-state index is 13.2. The second-order valence-corrected chi connectivity index (χ2v) is 7.98. The van der Waals surface area contributed by atoms with Gasteiger partial charge in [0.25, 0.3) is 0 Å². The summed E-state index contributed by atoms with van der Waals surface area (Å²) in [4.78, 5) is 29.8. The third-order valence-electron chi connectivity index (χ3n) is 6.22. The summed E-state index contributed by atoms with van der Waals surface area (Å²) in [5.41, 5.74) is 2.29. The Morgan fingerprint density at radius 1 is 1.04 bits per heavy atom. The Hall–Kier alpha value is -1.84.